The van der Waals surface area contributed by atoms with Crippen LogP contribution in [0, 0.1) is 0 Å². The molecule has 29 heavy (non-hydrogen) atoms. The Kier molecular flexibility index (Phi) is 6.99. The third-order valence-electron chi connectivity index (χ3n) is 4.92. The number of methoxy groups -OCH3 is 2. The minimum atomic E-state index is 0.0300. The minimum Gasteiger partial charge on any atom is -0.493 e. The fourth-order valence-corrected chi connectivity index (χ4v) is 3.48. The number of amides is 1. The molecule has 1 aromatic heterocycles. The van der Waals surface area contributed by atoms with Gasteiger partial charge in [0.1, 0.15) is 5.82 Å². The van der Waals surface area contributed by atoms with E-state index in [-0.39, 0.29) is 5.91 Å². The van der Waals surface area contributed by atoms with Crippen molar-refractivity contribution in [3.8, 4) is 11.5 Å². The van der Waals surface area contributed by atoms with Crippen LogP contribution < -0.4 is 14.8 Å². The summed E-state index contributed by atoms with van der Waals surface area (Å²) in [6, 6.07) is 11.5. The van der Waals surface area contributed by atoms with E-state index >= 15 is 0 Å². The van der Waals surface area contributed by atoms with Gasteiger partial charge in [-0.05, 0) is 48.7 Å². The first-order chi connectivity index (χ1) is 14.0. The maximum Gasteiger partial charge on any atom is 0.220 e. The van der Waals surface area contributed by atoms with E-state index in [2.05, 4.69) is 10.3 Å². The van der Waals surface area contributed by atoms with Gasteiger partial charge in [0.25, 0.3) is 0 Å². The van der Waals surface area contributed by atoms with Crippen LogP contribution in [0.4, 0.5) is 0 Å². The molecule has 0 radical (unpaired) electrons. The number of imidazole rings is 1. The number of halogens is 1. The summed E-state index contributed by atoms with van der Waals surface area (Å²) in [7, 11) is 5.20. The molecule has 0 aliphatic carbocycles. The lowest BCUT2D eigenvalue weighted by molar-refractivity contribution is -0.121. The summed E-state index contributed by atoms with van der Waals surface area (Å²) < 4.78 is 12.6. The van der Waals surface area contributed by atoms with E-state index in [1.807, 2.05) is 48.0 Å². The first-order valence-electron chi connectivity index (χ1n) is 9.60. The predicted molar refractivity (Wildman–Crippen MR) is 115 cm³/mol. The summed E-state index contributed by atoms with van der Waals surface area (Å²) in [5.74, 6) is 2.34. The Morgan fingerprint density at radius 3 is 2.66 bits per heavy atom. The second-order valence-electron chi connectivity index (χ2n) is 6.86. The summed E-state index contributed by atoms with van der Waals surface area (Å²) in [5.41, 5.74) is 3.01. The van der Waals surface area contributed by atoms with Crippen LogP contribution in [-0.4, -0.2) is 36.2 Å². The number of aryl methyl sites for hydroxylation is 3. The average molecular weight is 416 g/mol. The molecule has 0 unspecified atom stereocenters. The van der Waals surface area contributed by atoms with Gasteiger partial charge in [-0.15, -0.1) is 0 Å². The van der Waals surface area contributed by atoms with Crippen LogP contribution in [0.5, 0.6) is 11.5 Å². The Morgan fingerprint density at radius 2 is 1.90 bits per heavy atom. The van der Waals surface area contributed by atoms with Crippen molar-refractivity contribution in [1.82, 2.24) is 14.9 Å². The molecule has 1 heterocycles. The Balaban J connectivity index is 1.44. The molecule has 1 amide bonds. The van der Waals surface area contributed by atoms with Gasteiger partial charge in [0.15, 0.2) is 11.5 Å². The van der Waals surface area contributed by atoms with Gasteiger partial charge in [-0.2, -0.15) is 0 Å². The summed E-state index contributed by atoms with van der Waals surface area (Å²) in [5, 5.41) is 3.65. The van der Waals surface area contributed by atoms with Gasteiger partial charge < -0.3 is 19.4 Å². The number of fused-ring (bicyclic) bond motifs is 1. The molecule has 0 aliphatic rings. The molecule has 0 atom stereocenters. The van der Waals surface area contributed by atoms with Crippen molar-refractivity contribution in [3.63, 3.8) is 0 Å². The van der Waals surface area contributed by atoms with Crippen LogP contribution in [0.2, 0.25) is 5.02 Å². The number of carbonyl (C=O) groups excluding carboxylic acids is 1. The van der Waals surface area contributed by atoms with Crippen molar-refractivity contribution in [1.29, 1.82) is 0 Å². The standard InChI is InChI=1S/C22H26ClN3O3/c1-26-18-8-7-16(23)14-17(18)25-21(26)10-11-22(27)24-12-4-5-15-6-9-19(28-2)20(13-15)29-3/h6-9,13-14H,4-5,10-12H2,1-3H3,(H,24,27). The van der Waals surface area contributed by atoms with Crippen LogP contribution in [0.3, 0.4) is 0 Å². The summed E-state index contributed by atoms with van der Waals surface area (Å²) in [6.07, 6.45) is 2.70. The van der Waals surface area contributed by atoms with Crippen LogP contribution in [0.25, 0.3) is 11.0 Å². The summed E-state index contributed by atoms with van der Waals surface area (Å²) in [6.45, 7) is 0.630. The average Bonchev–Trinajstić information content (AvgIpc) is 3.04. The van der Waals surface area contributed by atoms with Crippen molar-refractivity contribution in [2.75, 3.05) is 20.8 Å². The zero-order valence-electron chi connectivity index (χ0n) is 17.0. The van der Waals surface area contributed by atoms with Crippen LogP contribution >= 0.6 is 11.6 Å². The third-order valence-corrected chi connectivity index (χ3v) is 5.16. The first kappa shape index (κ1) is 21.0. The molecule has 0 bridgehead atoms. The van der Waals surface area contributed by atoms with Crippen LogP contribution in [0.1, 0.15) is 24.2 Å². The Labute approximate surface area is 175 Å². The maximum absolute atomic E-state index is 12.2. The van der Waals surface area contributed by atoms with Crippen molar-refractivity contribution in [2.45, 2.75) is 25.7 Å². The Morgan fingerprint density at radius 1 is 1.10 bits per heavy atom. The van der Waals surface area contributed by atoms with E-state index in [4.69, 9.17) is 21.1 Å². The second-order valence-corrected chi connectivity index (χ2v) is 7.30. The SMILES string of the molecule is COc1ccc(CCCNC(=O)CCc2nc3cc(Cl)ccc3n2C)cc1OC. The summed E-state index contributed by atoms with van der Waals surface area (Å²) in [4.78, 5) is 16.8. The second kappa shape index (κ2) is 9.65. The molecular weight excluding hydrogens is 390 g/mol. The predicted octanol–water partition coefficient (Wildman–Crippen LogP) is 3.93. The minimum absolute atomic E-state index is 0.0300. The number of nitrogens with zero attached hydrogens (tertiary/aromatic N) is 2. The first-order valence-corrected chi connectivity index (χ1v) is 9.98. The molecule has 0 saturated heterocycles. The molecule has 3 rings (SSSR count). The lowest BCUT2D eigenvalue weighted by Crippen LogP contribution is -2.25. The lowest BCUT2D eigenvalue weighted by Gasteiger charge is -2.10. The lowest BCUT2D eigenvalue weighted by atomic mass is 10.1. The number of benzene rings is 2. The molecule has 2 aromatic carbocycles. The number of ether oxygens (including phenoxy) is 2. The largest absolute Gasteiger partial charge is 0.493 e. The number of hydrogen-bond donors (Lipinski definition) is 1. The van der Waals surface area contributed by atoms with E-state index in [9.17, 15) is 4.79 Å². The Bertz CT molecular complexity index is 1000. The van der Waals surface area contributed by atoms with Gasteiger partial charge in [0.05, 0.1) is 25.3 Å². The van der Waals surface area contributed by atoms with E-state index in [1.54, 1.807) is 14.2 Å². The third kappa shape index (κ3) is 5.21. The molecule has 0 aliphatic heterocycles. The highest BCUT2D eigenvalue weighted by Gasteiger charge is 2.10. The highest BCUT2D eigenvalue weighted by atomic mass is 35.5. The van der Waals surface area contributed by atoms with E-state index in [1.165, 1.54) is 0 Å². The quantitative estimate of drug-likeness (QED) is 0.538. The number of carbonyl (C=O) groups is 1. The molecule has 0 spiro atoms. The number of nitrogens with one attached hydrogen (secondary N) is 1. The topological polar surface area (TPSA) is 65.4 Å². The number of rotatable bonds is 9. The molecule has 1 N–H and O–H groups in total. The van der Waals surface area contributed by atoms with Crippen LogP contribution in [0.15, 0.2) is 36.4 Å². The molecule has 7 heteroatoms. The van der Waals surface area contributed by atoms with E-state index in [0.717, 1.165) is 41.0 Å². The fourth-order valence-electron chi connectivity index (χ4n) is 3.32. The van der Waals surface area contributed by atoms with Gasteiger partial charge in [0, 0.05) is 31.5 Å². The molecule has 6 nitrogen and oxygen atoms in total. The molecule has 0 fully saturated rings. The maximum atomic E-state index is 12.2. The van der Waals surface area contributed by atoms with E-state index in [0.29, 0.717) is 30.2 Å². The molecule has 154 valence electrons. The monoisotopic (exact) mass is 415 g/mol. The molecule has 0 saturated carbocycles. The van der Waals surface area contributed by atoms with Gasteiger partial charge in [-0.3, -0.25) is 4.79 Å². The van der Waals surface area contributed by atoms with Crippen LogP contribution in [-0.2, 0) is 24.7 Å². The molecular formula is C22H26ClN3O3. The highest BCUT2D eigenvalue weighted by Crippen LogP contribution is 2.27. The zero-order valence-corrected chi connectivity index (χ0v) is 17.8. The van der Waals surface area contributed by atoms with Gasteiger partial charge in [-0.1, -0.05) is 17.7 Å². The van der Waals surface area contributed by atoms with Gasteiger partial charge in [-0.25, -0.2) is 4.98 Å². The van der Waals surface area contributed by atoms with Crippen molar-refractivity contribution in [2.24, 2.45) is 7.05 Å². The van der Waals surface area contributed by atoms with Crippen molar-refractivity contribution < 1.29 is 14.3 Å². The van der Waals surface area contributed by atoms with E-state index < -0.39 is 0 Å². The van der Waals surface area contributed by atoms with Gasteiger partial charge >= 0.3 is 0 Å². The summed E-state index contributed by atoms with van der Waals surface area (Å²) >= 11 is 6.03. The Hall–Kier alpha value is -2.73. The van der Waals surface area contributed by atoms with Gasteiger partial charge in [0.2, 0.25) is 5.91 Å². The van der Waals surface area contributed by atoms with Crippen molar-refractivity contribution >= 4 is 28.5 Å². The fraction of sp³-hybridized carbons (Fsp3) is 0.364. The van der Waals surface area contributed by atoms with Crippen molar-refractivity contribution in [3.05, 3.63) is 52.8 Å². The molecule has 3 aromatic rings. The highest BCUT2D eigenvalue weighted by molar-refractivity contribution is 6.31. The number of hydrogen-bond acceptors (Lipinski definition) is 4. The zero-order chi connectivity index (χ0) is 20.8. The number of aromatic nitrogens is 2. The normalized spacial score (nSPS) is 10.9. The smallest absolute Gasteiger partial charge is 0.220 e.